The van der Waals surface area contributed by atoms with Crippen molar-refractivity contribution in [3.8, 4) is 5.75 Å². The zero-order valence-corrected chi connectivity index (χ0v) is 13.6. The van der Waals surface area contributed by atoms with Crippen molar-refractivity contribution in [2.75, 3.05) is 13.7 Å². The zero-order chi connectivity index (χ0) is 19.3. The fourth-order valence-electron chi connectivity index (χ4n) is 2.14. The number of hydrogen-bond donors (Lipinski definition) is 0. The molecule has 0 fully saturated rings. The van der Waals surface area contributed by atoms with Gasteiger partial charge in [-0.05, 0) is 23.8 Å². The molecule has 0 aliphatic heterocycles. The van der Waals surface area contributed by atoms with Crippen molar-refractivity contribution in [1.82, 2.24) is 9.88 Å². The Hall–Kier alpha value is -3.17. The molecule has 0 saturated carbocycles. The lowest BCUT2D eigenvalue weighted by Gasteiger charge is -2.18. The highest BCUT2D eigenvalue weighted by molar-refractivity contribution is 5.98. The summed E-state index contributed by atoms with van der Waals surface area (Å²) in [5.74, 6) is -1.01. The summed E-state index contributed by atoms with van der Waals surface area (Å²) < 4.78 is 41.4. The Morgan fingerprint density at radius 1 is 1.35 bits per heavy atom. The highest BCUT2D eigenvalue weighted by Crippen LogP contribution is 2.27. The molecule has 26 heavy (non-hydrogen) atoms. The lowest BCUT2D eigenvalue weighted by Crippen LogP contribution is -2.27. The number of aromatic nitrogens is 1. The van der Waals surface area contributed by atoms with Crippen LogP contribution in [0.4, 0.5) is 18.9 Å². The average Bonchev–Trinajstić information content (AvgIpc) is 2.59. The summed E-state index contributed by atoms with van der Waals surface area (Å²) in [6.07, 6.45) is -1.48. The number of nitrogens with zero attached hydrogens (tertiary/aromatic N) is 3. The fraction of sp³-hybridized carbons (Fsp3) is 0.250. The number of hydrogen-bond acceptors (Lipinski definition) is 5. The first-order valence-corrected chi connectivity index (χ1v) is 7.30. The topological polar surface area (TPSA) is 85.6 Å². The number of benzene rings is 1. The number of amides is 1. The molecule has 0 spiro atoms. The minimum Gasteiger partial charge on any atom is -0.484 e. The van der Waals surface area contributed by atoms with Crippen LogP contribution in [0.2, 0.25) is 0 Å². The minimum atomic E-state index is -4.57. The number of halogens is 3. The van der Waals surface area contributed by atoms with Crippen LogP contribution in [-0.4, -0.2) is 40.5 Å². The van der Waals surface area contributed by atoms with Crippen LogP contribution < -0.4 is 4.74 Å². The van der Waals surface area contributed by atoms with Crippen LogP contribution in [-0.2, 0) is 6.54 Å². The van der Waals surface area contributed by atoms with Crippen molar-refractivity contribution < 1.29 is 27.6 Å². The molecule has 0 aliphatic rings. The molecule has 0 unspecified atom stereocenters. The predicted molar refractivity (Wildman–Crippen MR) is 84.7 cm³/mol. The number of rotatable bonds is 6. The van der Waals surface area contributed by atoms with Gasteiger partial charge in [-0.1, -0.05) is 6.07 Å². The van der Waals surface area contributed by atoms with Crippen molar-refractivity contribution in [2.45, 2.75) is 12.7 Å². The Labute approximate surface area is 146 Å². The summed E-state index contributed by atoms with van der Waals surface area (Å²) in [7, 11) is 1.42. The van der Waals surface area contributed by atoms with Crippen LogP contribution in [0, 0.1) is 10.1 Å². The van der Waals surface area contributed by atoms with E-state index in [0.29, 0.717) is 5.56 Å². The molecule has 1 aromatic carbocycles. The van der Waals surface area contributed by atoms with Gasteiger partial charge in [0.1, 0.15) is 11.3 Å². The number of carbonyl (C=O) groups excluding carboxylic acids is 1. The number of ether oxygens (including phenoxy) is 1. The van der Waals surface area contributed by atoms with Gasteiger partial charge in [0.25, 0.3) is 11.6 Å². The van der Waals surface area contributed by atoms with E-state index in [1.165, 1.54) is 18.1 Å². The Bertz CT molecular complexity index is 797. The van der Waals surface area contributed by atoms with Crippen molar-refractivity contribution in [2.24, 2.45) is 0 Å². The number of pyridine rings is 1. The SMILES string of the molecule is CN(Cc1cccnc1)C(=O)c1cc(OCC(F)(F)F)ccc1[N+](=O)[O-]. The molecule has 7 nitrogen and oxygen atoms in total. The van der Waals surface area contributed by atoms with Crippen molar-refractivity contribution in [3.63, 3.8) is 0 Å². The summed E-state index contributed by atoms with van der Waals surface area (Å²) in [4.78, 5) is 28.0. The van der Waals surface area contributed by atoms with E-state index in [4.69, 9.17) is 0 Å². The highest BCUT2D eigenvalue weighted by Gasteiger charge is 2.29. The van der Waals surface area contributed by atoms with Gasteiger partial charge < -0.3 is 9.64 Å². The first-order valence-electron chi connectivity index (χ1n) is 7.30. The molecule has 0 atom stereocenters. The third kappa shape index (κ3) is 5.16. The second kappa shape index (κ2) is 7.81. The van der Waals surface area contributed by atoms with Crippen LogP contribution >= 0.6 is 0 Å². The summed E-state index contributed by atoms with van der Waals surface area (Å²) in [5.41, 5.74) is -0.191. The lowest BCUT2D eigenvalue weighted by atomic mass is 10.1. The number of alkyl halides is 3. The molecular formula is C16H14F3N3O4. The molecule has 1 amide bonds. The average molecular weight is 369 g/mol. The normalized spacial score (nSPS) is 11.1. The van der Waals surface area contributed by atoms with Gasteiger partial charge in [-0.25, -0.2) is 0 Å². The minimum absolute atomic E-state index is 0.122. The zero-order valence-electron chi connectivity index (χ0n) is 13.6. The molecule has 0 saturated heterocycles. The number of carbonyl (C=O) groups is 1. The van der Waals surface area contributed by atoms with Crippen LogP contribution in [0.5, 0.6) is 5.75 Å². The molecule has 138 valence electrons. The maximum Gasteiger partial charge on any atom is 0.422 e. The molecule has 10 heteroatoms. The first-order chi connectivity index (χ1) is 12.2. The van der Waals surface area contributed by atoms with Gasteiger partial charge in [0, 0.05) is 32.1 Å². The third-order valence-electron chi connectivity index (χ3n) is 3.29. The second-order valence-electron chi connectivity index (χ2n) is 5.36. The Balaban J connectivity index is 2.26. The van der Waals surface area contributed by atoms with E-state index in [0.717, 1.165) is 18.2 Å². The quantitative estimate of drug-likeness (QED) is 0.577. The molecule has 0 radical (unpaired) electrons. The van der Waals surface area contributed by atoms with Gasteiger partial charge in [0.15, 0.2) is 6.61 Å². The van der Waals surface area contributed by atoms with Crippen molar-refractivity contribution in [3.05, 3.63) is 64.0 Å². The van der Waals surface area contributed by atoms with Gasteiger partial charge in [0.05, 0.1) is 4.92 Å². The second-order valence-corrected chi connectivity index (χ2v) is 5.36. The molecule has 1 heterocycles. The Kier molecular flexibility index (Phi) is 5.75. The largest absolute Gasteiger partial charge is 0.484 e. The molecule has 2 aromatic rings. The highest BCUT2D eigenvalue weighted by atomic mass is 19.4. The summed E-state index contributed by atoms with van der Waals surface area (Å²) >= 11 is 0. The van der Waals surface area contributed by atoms with Gasteiger partial charge in [-0.2, -0.15) is 13.2 Å². The third-order valence-corrected chi connectivity index (χ3v) is 3.29. The van der Waals surface area contributed by atoms with E-state index in [2.05, 4.69) is 9.72 Å². The summed E-state index contributed by atoms with van der Waals surface area (Å²) in [6.45, 7) is -1.44. The number of nitro benzene ring substituents is 1. The monoisotopic (exact) mass is 369 g/mol. The van der Waals surface area contributed by atoms with E-state index in [-0.39, 0.29) is 17.9 Å². The fourth-order valence-corrected chi connectivity index (χ4v) is 2.14. The Morgan fingerprint density at radius 3 is 2.65 bits per heavy atom. The number of nitro groups is 1. The smallest absolute Gasteiger partial charge is 0.422 e. The van der Waals surface area contributed by atoms with Crippen LogP contribution in [0.15, 0.2) is 42.7 Å². The van der Waals surface area contributed by atoms with Crippen LogP contribution in [0.1, 0.15) is 15.9 Å². The van der Waals surface area contributed by atoms with E-state index < -0.39 is 29.3 Å². The molecule has 0 N–H and O–H groups in total. The first kappa shape index (κ1) is 19.2. The standard InChI is InChI=1S/C16H14F3N3O4/c1-21(9-11-3-2-6-20-8-11)15(23)13-7-12(26-10-16(17,18)19)4-5-14(13)22(24)25/h2-8H,9-10H2,1H3. The molecule has 1 aromatic heterocycles. The Morgan fingerprint density at radius 2 is 2.08 bits per heavy atom. The van der Waals surface area contributed by atoms with Crippen LogP contribution in [0.25, 0.3) is 0 Å². The molecule has 0 bridgehead atoms. The van der Waals surface area contributed by atoms with E-state index in [1.54, 1.807) is 18.3 Å². The molecule has 2 rings (SSSR count). The van der Waals surface area contributed by atoms with E-state index >= 15 is 0 Å². The maximum atomic E-state index is 12.6. The van der Waals surface area contributed by atoms with Gasteiger partial charge in [-0.15, -0.1) is 0 Å². The maximum absolute atomic E-state index is 12.6. The van der Waals surface area contributed by atoms with E-state index in [9.17, 15) is 28.1 Å². The predicted octanol–water partition coefficient (Wildman–Crippen LogP) is 3.20. The van der Waals surface area contributed by atoms with Gasteiger partial charge in [0.2, 0.25) is 0 Å². The van der Waals surface area contributed by atoms with Gasteiger partial charge in [-0.3, -0.25) is 19.9 Å². The van der Waals surface area contributed by atoms with Crippen LogP contribution in [0.3, 0.4) is 0 Å². The van der Waals surface area contributed by atoms with Gasteiger partial charge >= 0.3 is 6.18 Å². The summed E-state index contributed by atoms with van der Waals surface area (Å²) in [6, 6.07) is 6.28. The summed E-state index contributed by atoms with van der Waals surface area (Å²) in [5, 5.41) is 11.1. The van der Waals surface area contributed by atoms with Crippen molar-refractivity contribution >= 4 is 11.6 Å². The lowest BCUT2D eigenvalue weighted by molar-refractivity contribution is -0.385. The van der Waals surface area contributed by atoms with E-state index in [1.807, 2.05) is 0 Å². The molecule has 0 aliphatic carbocycles. The molecular weight excluding hydrogens is 355 g/mol. The van der Waals surface area contributed by atoms with Crippen molar-refractivity contribution in [1.29, 1.82) is 0 Å².